The lowest BCUT2D eigenvalue weighted by Gasteiger charge is -2.21. The molecule has 0 aliphatic carbocycles. The fraction of sp³-hybridized carbons (Fsp3) is 0.368. The van der Waals surface area contributed by atoms with Gasteiger partial charge in [0.1, 0.15) is 28.4 Å². The first-order valence-corrected chi connectivity index (χ1v) is 7.94. The highest BCUT2D eigenvalue weighted by atomic mass is 16.5. The number of amides is 1. The SMILES string of the molecule is Cc1oc(CN(C)C(=O)c2ccc(OC(C)(C)C)cc2)cc1C(=O)O. The van der Waals surface area contributed by atoms with Crippen molar-refractivity contribution in [3.05, 3.63) is 53.0 Å². The molecule has 0 bridgehead atoms. The van der Waals surface area contributed by atoms with Gasteiger partial charge in [-0.25, -0.2) is 4.79 Å². The molecule has 0 radical (unpaired) electrons. The maximum Gasteiger partial charge on any atom is 0.339 e. The van der Waals surface area contributed by atoms with Gasteiger partial charge in [0.2, 0.25) is 0 Å². The zero-order valence-corrected chi connectivity index (χ0v) is 15.1. The van der Waals surface area contributed by atoms with Gasteiger partial charge in [-0.05, 0) is 58.0 Å². The van der Waals surface area contributed by atoms with Crippen molar-refractivity contribution in [2.45, 2.75) is 39.8 Å². The van der Waals surface area contributed by atoms with E-state index < -0.39 is 5.97 Å². The molecule has 1 N–H and O–H groups in total. The number of aromatic carboxylic acids is 1. The smallest absolute Gasteiger partial charge is 0.339 e. The Morgan fingerprint density at radius 2 is 1.80 bits per heavy atom. The number of furan rings is 1. The van der Waals surface area contributed by atoms with Crippen molar-refractivity contribution < 1.29 is 23.8 Å². The minimum Gasteiger partial charge on any atom is -0.488 e. The molecule has 6 heteroatoms. The molecule has 0 aliphatic heterocycles. The van der Waals surface area contributed by atoms with Gasteiger partial charge in [0.05, 0.1) is 6.54 Å². The maximum absolute atomic E-state index is 12.5. The van der Waals surface area contributed by atoms with Crippen LogP contribution in [0.5, 0.6) is 5.75 Å². The summed E-state index contributed by atoms with van der Waals surface area (Å²) in [6.45, 7) is 7.64. The molecular weight excluding hydrogens is 322 g/mol. The van der Waals surface area contributed by atoms with Crippen LogP contribution in [0, 0.1) is 6.92 Å². The van der Waals surface area contributed by atoms with E-state index in [1.165, 1.54) is 11.0 Å². The Labute approximate surface area is 147 Å². The van der Waals surface area contributed by atoms with Crippen molar-refractivity contribution in [3.8, 4) is 5.75 Å². The topological polar surface area (TPSA) is 80.0 Å². The van der Waals surface area contributed by atoms with E-state index in [9.17, 15) is 9.59 Å². The first kappa shape index (κ1) is 18.6. The Kier molecular flexibility index (Phi) is 5.21. The van der Waals surface area contributed by atoms with Gasteiger partial charge < -0.3 is 19.2 Å². The Bertz CT molecular complexity index is 768. The lowest BCUT2D eigenvalue weighted by molar-refractivity contribution is 0.0694. The zero-order chi connectivity index (χ0) is 18.8. The predicted octanol–water partition coefficient (Wildman–Crippen LogP) is 3.74. The van der Waals surface area contributed by atoms with Crippen LogP contribution in [0.4, 0.5) is 0 Å². The first-order valence-electron chi connectivity index (χ1n) is 7.94. The monoisotopic (exact) mass is 345 g/mol. The van der Waals surface area contributed by atoms with E-state index in [0.29, 0.717) is 22.8 Å². The number of hydrogen-bond acceptors (Lipinski definition) is 4. The molecule has 2 aromatic rings. The number of rotatable bonds is 5. The second-order valence-corrected chi connectivity index (χ2v) is 6.89. The summed E-state index contributed by atoms with van der Waals surface area (Å²) in [5, 5.41) is 9.05. The van der Waals surface area contributed by atoms with Crippen LogP contribution < -0.4 is 4.74 Å². The van der Waals surface area contributed by atoms with E-state index in [4.69, 9.17) is 14.3 Å². The van der Waals surface area contributed by atoms with E-state index >= 15 is 0 Å². The fourth-order valence-electron chi connectivity index (χ4n) is 2.38. The van der Waals surface area contributed by atoms with Gasteiger partial charge in [-0.2, -0.15) is 0 Å². The van der Waals surface area contributed by atoms with Crippen molar-refractivity contribution in [1.29, 1.82) is 0 Å². The van der Waals surface area contributed by atoms with Crippen LogP contribution in [-0.2, 0) is 6.54 Å². The van der Waals surface area contributed by atoms with Crippen LogP contribution in [0.1, 0.15) is 53.0 Å². The number of carboxylic acids is 1. The first-order chi connectivity index (χ1) is 11.6. The van der Waals surface area contributed by atoms with Crippen molar-refractivity contribution >= 4 is 11.9 Å². The number of carbonyl (C=O) groups is 2. The molecule has 0 fully saturated rings. The standard InChI is InChI=1S/C19H23NO5/c1-12-16(18(22)23)10-15(24-12)11-20(5)17(21)13-6-8-14(9-7-13)25-19(2,3)4/h6-10H,11H2,1-5H3,(H,22,23). The third-order valence-corrected chi connectivity index (χ3v) is 3.46. The van der Waals surface area contributed by atoms with Crippen molar-refractivity contribution in [2.75, 3.05) is 7.05 Å². The number of carbonyl (C=O) groups excluding carboxylic acids is 1. The highest BCUT2D eigenvalue weighted by molar-refractivity contribution is 5.94. The molecule has 0 unspecified atom stereocenters. The van der Waals surface area contributed by atoms with Crippen LogP contribution in [0.25, 0.3) is 0 Å². The molecule has 134 valence electrons. The molecule has 1 amide bonds. The predicted molar refractivity (Wildman–Crippen MR) is 93.0 cm³/mol. The number of hydrogen-bond donors (Lipinski definition) is 1. The molecule has 2 rings (SSSR count). The molecule has 0 atom stereocenters. The van der Waals surface area contributed by atoms with E-state index in [2.05, 4.69) is 0 Å². The normalized spacial score (nSPS) is 11.2. The van der Waals surface area contributed by atoms with Gasteiger partial charge in [-0.3, -0.25) is 4.79 Å². The quantitative estimate of drug-likeness (QED) is 0.893. The lowest BCUT2D eigenvalue weighted by Crippen LogP contribution is -2.26. The molecule has 0 spiro atoms. The molecule has 1 aromatic heterocycles. The van der Waals surface area contributed by atoms with Gasteiger partial charge >= 0.3 is 5.97 Å². The van der Waals surface area contributed by atoms with Crippen molar-refractivity contribution in [3.63, 3.8) is 0 Å². The molecule has 0 aliphatic rings. The molecule has 6 nitrogen and oxygen atoms in total. The summed E-state index contributed by atoms with van der Waals surface area (Å²) in [6.07, 6.45) is 0. The van der Waals surface area contributed by atoms with Crippen LogP contribution in [0.2, 0.25) is 0 Å². The highest BCUT2D eigenvalue weighted by Crippen LogP contribution is 2.20. The van der Waals surface area contributed by atoms with Crippen molar-refractivity contribution in [2.24, 2.45) is 0 Å². The number of nitrogens with zero attached hydrogens (tertiary/aromatic N) is 1. The number of benzene rings is 1. The summed E-state index contributed by atoms with van der Waals surface area (Å²) in [4.78, 5) is 25.0. The third-order valence-electron chi connectivity index (χ3n) is 3.46. The largest absolute Gasteiger partial charge is 0.488 e. The highest BCUT2D eigenvalue weighted by Gasteiger charge is 2.18. The molecular formula is C19H23NO5. The van der Waals surface area contributed by atoms with Crippen molar-refractivity contribution in [1.82, 2.24) is 4.90 Å². The molecule has 1 aromatic carbocycles. The van der Waals surface area contributed by atoms with Gasteiger partial charge in [0, 0.05) is 12.6 Å². The minimum atomic E-state index is -1.05. The minimum absolute atomic E-state index is 0.111. The summed E-state index contributed by atoms with van der Waals surface area (Å²) < 4.78 is 11.1. The number of ether oxygens (including phenoxy) is 1. The Morgan fingerprint density at radius 1 is 1.20 bits per heavy atom. The van der Waals surface area contributed by atoms with E-state index in [1.54, 1.807) is 38.2 Å². The summed E-state index contributed by atoms with van der Waals surface area (Å²) in [5.41, 5.74) is 0.325. The molecule has 0 saturated heterocycles. The van der Waals surface area contributed by atoms with Gasteiger partial charge in [0.15, 0.2) is 0 Å². The number of aryl methyl sites for hydroxylation is 1. The molecule has 25 heavy (non-hydrogen) atoms. The Morgan fingerprint density at radius 3 is 2.28 bits per heavy atom. The summed E-state index contributed by atoms with van der Waals surface area (Å²) >= 11 is 0. The van der Waals surface area contributed by atoms with Crippen LogP contribution in [0.3, 0.4) is 0 Å². The Balaban J connectivity index is 2.07. The van der Waals surface area contributed by atoms with Gasteiger partial charge in [0.25, 0.3) is 5.91 Å². The van der Waals surface area contributed by atoms with E-state index in [-0.39, 0.29) is 23.6 Å². The summed E-state index contributed by atoms with van der Waals surface area (Å²) in [7, 11) is 1.64. The Hall–Kier alpha value is -2.76. The van der Waals surface area contributed by atoms with Crippen LogP contribution in [-0.4, -0.2) is 34.5 Å². The van der Waals surface area contributed by atoms with E-state index in [1.807, 2.05) is 20.8 Å². The maximum atomic E-state index is 12.5. The van der Waals surface area contributed by atoms with Crippen LogP contribution >= 0.6 is 0 Å². The lowest BCUT2D eigenvalue weighted by atomic mass is 10.1. The van der Waals surface area contributed by atoms with Gasteiger partial charge in [-0.1, -0.05) is 0 Å². The average molecular weight is 345 g/mol. The number of carboxylic acid groups (broad SMARTS) is 1. The summed E-state index contributed by atoms with van der Waals surface area (Å²) in [6, 6.07) is 8.37. The molecule has 1 heterocycles. The van der Waals surface area contributed by atoms with E-state index in [0.717, 1.165) is 0 Å². The second-order valence-electron chi connectivity index (χ2n) is 6.89. The van der Waals surface area contributed by atoms with Crippen LogP contribution in [0.15, 0.2) is 34.7 Å². The summed E-state index contributed by atoms with van der Waals surface area (Å²) in [5.74, 6) is 0.217. The third kappa shape index (κ3) is 4.86. The second kappa shape index (κ2) is 7.01. The molecule has 0 saturated carbocycles. The van der Waals surface area contributed by atoms with Gasteiger partial charge in [-0.15, -0.1) is 0 Å². The fourth-order valence-corrected chi connectivity index (χ4v) is 2.38. The zero-order valence-electron chi connectivity index (χ0n) is 15.1. The average Bonchev–Trinajstić information content (AvgIpc) is 2.86.